The molecule has 0 spiro atoms. The van der Waals surface area contributed by atoms with Gasteiger partial charge in [-0.3, -0.25) is 0 Å². The van der Waals surface area contributed by atoms with Crippen LogP contribution in [0.3, 0.4) is 0 Å². The zero-order chi connectivity index (χ0) is 20.0. The lowest BCUT2D eigenvalue weighted by Crippen LogP contribution is -2.33. The van der Waals surface area contributed by atoms with Crippen molar-refractivity contribution in [2.45, 2.75) is 43.8 Å². The van der Waals surface area contributed by atoms with E-state index < -0.39 is 0 Å². The average Bonchev–Trinajstić information content (AvgIpc) is 3.23. The van der Waals surface area contributed by atoms with Crippen LogP contribution in [0.1, 0.15) is 54.4 Å². The van der Waals surface area contributed by atoms with Crippen LogP contribution in [0.2, 0.25) is 0 Å². The van der Waals surface area contributed by atoms with Gasteiger partial charge >= 0.3 is 0 Å². The molecule has 2 aliphatic heterocycles. The fourth-order valence-corrected chi connectivity index (χ4v) is 4.90. The Morgan fingerprint density at radius 2 is 1.45 bits per heavy atom. The minimum atomic E-state index is -0.229. The minimum Gasteiger partial charge on any atom is -0.493 e. The maximum Gasteiger partial charge on any atom is 0.231 e. The van der Waals surface area contributed by atoms with Gasteiger partial charge in [-0.05, 0) is 53.8 Å². The van der Waals surface area contributed by atoms with Gasteiger partial charge in [-0.25, -0.2) is 0 Å². The second-order valence-electron chi connectivity index (χ2n) is 7.74. The number of benzene rings is 2. The summed E-state index contributed by atoms with van der Waals surface area (Å²) in [4.78, 5) is 0. The number of rotatable bonds is 4. The van der Waals surface area contributed by atoms with Crippen LogP contribution in [0.5, 0.6) is 28.7 Å². The molecule has 6 heteroatoms. The van der Waals surface area contributed by atoms with Crippen molar-refractivity contribution in [3.63, 3.8) is 0 Å². The quantitative estimate of drug-likeness (QED) is 0.751. The summed E-state index contributed by atoms with van der Waals surface area (Å²) in [6, 6.07) is 8.19. The lowest BCUT2D eigenvalue weighted by Gasteiger charge is -2.41. The van der Waals surface area contributed by atoms with Crippen molar-refractivity contribution in [2.24, 2.45) is 0 Å². The van der Waals surface area contributed by atoms with E-state index in [1.54, 1.807) is 21.3 Å². The molecule has 5 rings (SSSR count). The van der Waals surface area contributed by atoms with Crippen LogP contribution in [0.15, 0.2) is 24.3 Å². The number of hydrogen-bond donors (Lipinski definition) is 0. The van der Waals surface area contributed by atoms with E-state index in [1.807, 2.05) is 12.1 Å². The molecule has 6 nitrogen and oxygen atoms in total. The Morgan fingerprint density at radius 3 is 2.10 bits per heavy atom. The number of ether oxygens (including phenoxy) is 6. The third-order valence-corrected chi connectivity index (χ3v) is 6.26. The maximum absolute atomic E-state index is 6.69. The Hall–Kier alpha value is -2.60. The lowest BCUT2D eigenvalue weighted by molar-refractivity contribution is -0.0391. The summed E-state index contributed by atoms with van der Waals surface area (Å²) in [5.41, 5.74) is 3.42. The van der Waals surface area contributed by atoms with Crippen LogP contribution >= 0.6 is 0 Å². The van der Waals surface area contributed by atoms with Gasteiger partial charge in [0.2, 0.25) is 12.5 Å². The molecule has 2 heterocycles. The first-order valence-electron chi connectivity index (χ1n) is 10.1. The van der Waals surface area contributed by atoms with Crippen molar-refractivity contribution >= 4 is 0 Å². The average molecular weight is 398 g/mol. The second kappa shape index (κ2) is 7.34. The molecule has 0 aromatic heterocycles. The molecule has 1 saturated carbocycles. The van der Waals surface area contributed by atoms with Crippen LogP contribution < -0.4 is 23.7 Å². The normalized spacial score (nSPS) is 24.4. The predicted octanol–water partition coefficient (Wildman–Crippen LogP) is 4.59. The van der Waals surface area contributed by atoms with Crippen LogP contribution in [-0.4, -0.2) is 34.2 Å². The monoisotopic (exact) mass is 398 g/mol. The number of methoxy groups -OCH3 is 3. The first-order chi connectivity index (χ1) is 14.2. The molecule has 0 radical (unpaired) electrons. The molecule has 0 saturated heterocycles. The van der Waals surface area contributed by atoms with E-state index >= 15 is 0 Å². The first kappa shape index (κ1) is 18.4. The van der Waals surface area contributed by atoms with Gasteiger partial charge in [-0.1, -0.05) is 12.8 Å². The van der Waals surface area contributed by atoms with Crippen molar-refractivity contribution in [1.29, 1.82) is 0 Å². The van der Waals surface area contributed by atoms with Gasteiger partial charge in [0, 0.05) is 5.92 Å². The molecule has 2 aromatic carbocycles. The molecule has 29 heavy (non-hydrogen) atoms. The van der Waals surface area contributed by atoms with Crippen molar-refractivity contribution in [3.05, 3.63) is 41.0 Å². The smallest absolute Gasteiger partial charge is 0.231 e. The summed E-state index contributed by atoms with van der Waals surface area (Å²) in [6.07, 6.45) is 4.60. The van der Waals surface area contributed by atoms with Gasteiger partial charge < -0.3 is 28.4 Å². The molecular weight excluding hydrogens is 372 g/mol. The van der Waals surface area contributed by atoms with Gasteiger partial charge in [-0.2, -0.15) is 0 Å². The third-order valence-electron chi connectivity index (χ3n) is 6.26. The highest BCUT2D eigenvalue weighted by molar-refractivity contribution is 5.58. The third kappa shape index (κ3) is 2.97. The fraction of sp³-hybridized carbons (Fsp3) is 0.478. The topological polar surface area (TPSA) is 55.4 Å². The zero-order valence-corrected chi connectivity index (χ0v) is 17.0. The molecule has 0 N–H and O–H groups in total. The predicted molar refractivity (Wildman–Crippen MR) is 107 cm³/mol. The maximum atomic E-state index is 6.69. The molecule has 1 fully saturated rings. The van der Waals surface area contributed by atoms with E-state index in [2.05, 4.69) is 12.1 Å². The fourth-order valence-electron chi connectivity index (χ4n) is 4.90. The van der Waals surface area contributed by atoms with E-state index in [-0.39, 0.29) is 19.0 Å². The summed E-state index contributed by atoms with van der Waals surface area (Å²) in [5, 5.41) is 0. The van der Waals surface area contributed by atoms with E-state index in [0.29, 0.717) is 23.2 Å². The lowest BCUT2D eigenvalue weighted by atomic mass is 9.76. The van der Waals surface area contributed by atoms with Gasteiger partial charge in [0.25, 0.3) is 0 Å². The van der Waals surface area contributed by atoms with Crippen molar-refractivity contribution in [2.75, 3.05) is 28.1 Å². The molecule has 2 aromatic rings. The van der Waals surface area contributed by atoms with Gasteiger partial charge in [0.1, 0.15) is 6.10 Å². The largest absolute Gasteiger partial charge is 0.493 e. The zero-order valence-electron chi connectivity index (χ0n) is 17.0. The highest BCUT2D eigenvalue weighted by atomic mass is 16.7. The summed E-state index contributed by atoms with van der Waals surface area (Å²) >= 11 is 0. The van der Waals surface area contributed by atoms with E-state index in [1.165, 1.54) is 18.4 Å². The van der Waals surface area contributed by atoms with Crippen molar-refractivity contribution in [3.8, 4) is 28.7 Å². The Kier molecular flexibility index (Phi) is 4.66. The summed E-state index contributed by atoms with van der Waals surface area (Å²) < 4.78 is 34.7. The van der Waals surface area contributed by atoms with Crippen molar-refractivity contribution < 1.29 is 28.4 Å². The highest BCUT2D eigenvalue weighted by Gasteiger charge is 2.39. The minimum absolute atomic E-state index is 0.195. The van der Waals surface area contributed by atoms with Crippen LogP contribution in [-0.2, 0) is 4.74 Å². The first-order valence-corrected chi connectivity index (χ1v) is 10.1. The van der Waals surface area contributed by atoms with Crippen LogP contribution in [0, 0.1) is 0 Å². The molecule has 3 atom stereocenters. The molecule has 0 unspecified atom stereocenters. The van der Waals surface area contributed by atoms with E-state index in [0.717, 1.165) is 35.5 Å². The summed E-state index contributed by atoms with van der Waals surface area (Å²) in [7, 11) is 4.87. The molecule has 1 aliphatic carbocycles. The molecule has 3 aliphatic rings. The Labute approximate surface area is 170 Å². The number of hydrogen-bond acceptors (Lipinski definition) is 6. The second-order valence-corrected chi connectivity index (χ2v) is 7.74. The summed E-state index contributed by atoms with van der Waals surface area (Å²) in [5.74, 6) is 3.83. The van der Waals surface area contributed by atoms with E-state index in [4.69, 9.17) is 28.4 Å². The molecular formula is C23H26O6. The summed E-state index contributed by atoms with van der Waals surface area (Å²) in [6.45, 7) is 0.266. The van der Waals surface area contributed by atoms with Gasteiger partial charge in [0.05, 0.1) is 27.4 Å². The molecule has 0 amide bonds. The molecule has 154 valence electrons. The highest BCUT2D eigenvalue weighted by Crippen LogP contribution is 2.52. The van der Waals surface area contributed by atoms with Crippen molar-refractivity contribution in [1.82, 2.24) is 0 Å². The Morgan fingerprint density at radius 1 is 0.793 bits per heavy atom. The Balaban J connectivity index is 1.66. The van der Waals surface area contributed by atoms with E-state index in [9.17, 15) is 0 Å². The van der Waals surface area contributed by atoms with Crippen LogP contribution in [0.4, 0.5) is 0 Å². The molecule has 0 bridgehead atoms. The van der Waals surface area contributed by atoms with Gasteiger partial charge in [-0.15, -0.1) is 0 Å². The Bertz CT molecular complexity index is 899. The number of fused-ring (bicyclic) bond motifs is 4. The van der Waals surface area contributed by atoms with Gasteiger partial charge in [0.15, 0.2) is 23.0 Å². The van der Waals surface area contributed by atoms with Crippen LogP contribution in [0.25, 0.3) is 0 Å². The SMILES string of the molecule is COc1cc([C@H]2O[C@@H]3CCCC[C@@H]3c3cc4c(cc32)OCO4)cc(OC)c1OC. The standard InChI is InChI=1S/C23H26O6/c1-24-20-8-13(9-21(25-2)23(20)26-3)22-16-11-19-18(27-12-28-19)10-15(16)14-6-4-5-7-17(14)29-22/h8-11,14,17,22H,4-7,12H2,1-3H3/t14-,17-,22-/m1/s1.